The Hall–Kier alpha value is -1.23. The lowest BCUT2D eigenvalue weighted by Crippen LogP contribution is -2.54. The van der Waals surface area contributed by atoms with Crippen molar-refractivity contribution in [1.29, 1.82) is 0 Å². The van der Waals surface area contributed by atoms with Gasteiger partial charge >= 0.3 is 0 Å². The fraction of sp³-hybridized carbons (Fsp3) is 0.600. The van der Waals surface area contributed by atoms with Gasteiger partial charge in [0.25, 0.3) is 0 Å². The van der Waals surface area contributed by atoms with Gasteiger partial charge in [-0.2, -0.15) is 0 Å². The molecule has 0 amide bonds. The highest BCUT2D eigenvalue weighted by atomic mass is 19.1. The average Bonchev–Trinajstić information content (AvgIpc) is 2.17. The number of nitrogens with one attached hydrogen (secondary N) is 1. The molecule has 0 saturated carbocycles. The standard InChI is InChI=1S/C10H15FN4/c1-7-5-15(6-8(2)14-7)10-12-3-9(11)4-13-10/h3-4,7-8,14H,5-6H2,1-2H3/t7-,8+. The number of piperazine rings is 1. The van der Waals surface area contributed by atoms with Gasteiger partial charge in [0.2, 0.25) is 5.95 Å². The monoisotopic (exact) mass is 210 g/mol. The van der Waals surface area contributed by atoms with E-state index >= 15 is 0 Å². The van der Waals surface area contributed by atoms with E-state index in [9.17, 15) is 4.39 Å². The van der Waals surface area contributed by atoms with Crippen molar-refractivity contribution >= 4 is 5.95 Å². The van der Waals surface area contributed by atoms with Gasteiger partial charge < -0.3 is 10.2 Å². The molecular weight excluding hydrogens is 195 g/mol. The number of aromatic nitrogens is 2. The Bertz CT molecular complexity index is 317. The Kier molecular flexibility index (Phi) is 2.81. The number of rotatable bonds is 1. The first-order valence-corrected chi connectivity index (χ1v) is 5.13. The lowest BCUT2D eigenvalue weighted by Gasteiger charge is -2.36. The molecule has 15 heavy (non-hydrogen) atoms. The van der Waals surface area contributed by atoms with Crippen molar-refractivity contribution in [2.45, 2.75) is 25.9 Å². The Morgan fingerprint density at radius 3 is 2.33 bits per heavy atom. The van der Waals surface area contributed by atoms with Crippen molar-refractivity contribution < 1.29 is 4.39 Å². The lowest BCUT2D eigenvalue weighted by molar-refractivity contribution is 0.403. The minimum absolute atomic E-state index is 0.394. The van der Waals surface area contributed by atoms with Crippen LogP contribution in [0.3, 0.4) is 0 Å². The van der Waals surface area contributed by atoms with E-state index in [1.54, 1.807) is 0 Å². The Balaban J connectivity index is 2.12. The molecular formula is C10H15FN4. The molecule has 2 atom stereocenters. The lowest BCUT2D eigenvalue weighted by atomic mass is 10.1. The van der Waals surface area contributed by atoms with Crippen molar-refractivity contribution in [2.24, 2.45) is 0 Å². The zero-order valence-electron chi connectivity index (χ0n) is 8.94. The van der Waals surface area contributed by atoms with Gasteiger partial charge in [-0.15, -0.1) is 0 Å². The summed E-state index contributed by atoms with van der Waals surface area (Å²) >= 11 is 0. The zero-order valence-corrected chi connectivity index (χ0v) is 8.94. The average molecular weight is 210 g/mol. The van der Waals surface area contributed by atoms with Crippen LogP contribution in [0, 0.1) is 5.82 Å². The van der Waals surface area contributed by atoms with Gasteiger partial charge in [0, 0.05) is 25.2 Å². The molecule has 1 N–H and O–H groups in total. The molecule has 0 bridgehead atoms. The summed E-state index contributed by atoms with van der Waals surface area (Å²) in [6, 6.07) is 0.810. The molecule has 5 heteroatoms. The van der Waals surface area contributed by atoms with Crippen LogP contribution in [-0.2, 0) is 0 Å². The van der Waals surface area contributed by atoms with Crippen LogP contribution in [0.1, 0.15) is 13.8 Å². The van der Waals surface area contributed by atoms with Gasteiger partial charge in [0.05, 0.1) is 12.4 Å². The maximum atomic E-state index is 12.7. The Labute approximate surface area is 88.5 Å². The number of nitrogens with zero attached hydrogens (tertiary/aromatic N) is 3. The van der Waals surface area contributed by atoms with Gasteiger partial charge in [-0.25, -0.2) is 14.4 Å². The molecule has 0 radical (unpaired) electrons. The largest absolute Gasteiger partial charge is 0.338 e. The Morgan fingerprint density at radius 2 is 1.80 bits per heavy atom. The molecule has 0 spiro atoms. The quantitative estimate of drug-likeness (QED) is 0.744. The molecule has 1 fully saturated rings. The van der Waals surface area contributed by atoms with Gasteiger partial charge in [-0.1, -0.05) is 0 Å². The van der Waals surface area contributed by atoms with Crippen molar-refractivity contribution in [1.82, 2.24) is 15.3 Å². The van der Waals surface area contributed by atoms with Crippen LogP contribution in [0.4, 0.5) is 10.3 Å². The predicted molar refractivity (Wildman–Crippen MR) is 56.3 cm³/mol. The molecule has 1 aliphatic heterocycles. The van der Waals surface area contributed by atoms with E-state index in [2.05, 4.69) is 34.0 Å². The smallest absolute Gasteiger partial charge is 0.225 e. The summed E-state index contributed by atoms with van der Waals surface area (Å²) in [6.45, 7) is 5.95. The summed E-state index contributed by atoms with van der Waals surface area (Å²) in [5, 5.41) is 3.42. The first kappa shape index (κ1) is 10.3. The molecule has 0 unspecified atom stereocenters. The second kappa shape index (κ2) is 4.10. The zero-order chi connectivity index (χ0) is 10.8. The molecule has 0 aromatic carbocycles. The summed E-state index contributed by atoms with van der Waals surface area (Å²) in [4.78, 5) is 10.0. The number of halogens is 1. The highest BCUT2D eigenvalue weighted by molar-refractivity contribution is 5.30. The third-order valence-electron chi connectivity index (χ3n) is 2.45. The summed E-state index contributed by atoms with van der Waals surface area (Å²) in [5.74, 6) is 0.214. The second-order valence-corrected chi connectivity index (χ2v) is 4.08. The van der Waals surface area contributed by atoms with E-state index in [1.165, 1.54) is 12.4 Å². The van der Waals surface area contributed by atoms with E-state index in [-0.39, 0.29) is 0 Å². The molecule has 1 aliphatic rings. The van der Waals surface area contributed by atoms with Crippen LogP contribution < -0.4 is 10.2 Å². The summed E-state index contributed by atoms with van der Waals surface area (Å²) in [5.41, 5.74) is 0. The molecule has 2 rings (SSSR count). The van der Waals surface area contributed by atoms with Gasteiger partial charge in [-0.05, 0) is 13.8 Å². The minimum atomic E-state index is -0.394. The van der Waals surface area contributed by atoms with Crippen molar-refractivity contribution in [3.63, 3.8) is 0 Å². The third kappa shape index (κ3) is 2.41. The summed E-state index contributed by atoms with van der Waals surface area (Å²) in [6.07, 6.45) is 2.42. The van der Waals surface area contributed by atoms with Crippen molar-refractivity contribution in [3.05, 3.63) is 18.2 Å². The first-order valence-electron chi connectivity index (χ1n) is 5.13. The number of hydrogen-bond donors (Lipinski definition) is 1. The van der Waals surface area contributed by atoms with Crippen LogP contribution >= 0.6 is 0 Å². The maximum absolute atomic E-state index is 12.7. The molecule has 0 aliphatic carbocycles. The number of hydrogen-bond acceptors (Lipinski definition) is 4. The van der Waals surface area contributed by atoms with Gasteiger partial charge in [-0.3, -0.25) is 0 Å². The van der Waals surface area contributed by atoms with E-state index in [1.807, 2.05) is 0 Å². The summed E-state index contributed by atoms with van der Waals surface area (Å²) < 4.78 is 12.7. The normalized spacial score (nSPS) is 26.7. The van der Waals surface area contributed by atoms with Crippen LogP contribution in [-0.4, -0.2) is 35.1 Å². The van der Waals surface area contributed by atoms with Crippen LogP contribution in [0.15, 0.2) is 12.4 Å². The van der Waals surface area contributed by atoms with Crippen molar-refractivity contribution in [2.75, 3.05) is 18.0 Å². The fourth-order valence-electron chi connectivity index (χ4n) is 1.96. The SMILES string of the molecule is C[C@@H]1CN(c2ncc(F)cn2)C[C@H](C)N1. The maximum Gasteiger partial charge on any atom is 0.225 e. The van der Waals surface area contributed by atoms with E-state index in [4.69, 9.17) is 0 Å². The Morgan fingerprint density at radius 1 is 1.27 bits per heavy atom. The van der Waals surface area contributed by atoms with Crippen LogP contribution in [0.2, 0.25) is 0 Å². The molecule has 1 aromatic rings. The first-order chi connectivity index (χ1) is 7.15. The molecule has 1 aromatic heterocycles. The molecule has 2 heterocycles. The molecule has 4 nitrogen and oxygen atoms in total. The van der Waals surface area contributed by atoms with Crippen LogP contribution in [0.25, 0.3) is 0 Å². The second-order valence-electron chi connectivity index (χ2n) is 4.08. The highest BCUT2D eigenvalue weighted by Gasteiger charge is 2.22. The van der Waals surface area contributed by atoms with E-state index in [0.717, 1.165) is 13.1 Å². The predicted octanol–water partition coefficient (Wildman–Crippen LogP) is 0.802. The number of anilines is 1. The fourth-order valence-corrected chi connectivity index (χ4v) is 1.96. The van der Waals surface area contributed by atoms with Crippen LogP contribution in [0.5, 0.6) is 0 Å². The molecule has 82 valence electrons. The highest BCUT2D eigenvalue weighted by Crippen LogP contribution is 2.11. The molecule has 1 saturated heterocycles. The van der Waals surface area contributed by atoms with Gasteiger partial charge in [0.1, 0.15) is 0 Å². The van der Waals surface area contributed by atoms with Crippen molar-refractivity contribution in [3.8, 4) is 0 Å². The van der Waals surface area contributed by atoms with Gasteiger partial charge in [0.15, 0.2) is 5.82 Å². The topological polar surface area (TPSA) is 41.1 Å². The van der Waals surface area contributed by atoms with E-state index in [0.29, 0.717) is 18.0 Å². The summed E-state index contributed by atoms with van der Waals surface area (Å²) in [7, 11) is 0. The van der Waals surface area contributed by atoms with E-state index < -0.39 is 5.82 Å². The third-order valence-corrected chi connectivity index (χ3v) is 2.45. The minimum Gasteiger partial charge on any atom is -0.338 e.